The molecule has 32 heavy (non-hydrogen) atoms. The molecule has 0 aromatic heterocycles. The van der Waals surface area contributed by atoms with Gasteiger partial charge in [-0.05, 0) is 97.1 Å². The molecule has 0 saturated carbocycles. The van der Waals surface area contributed by atoms with Gasteiger partial charge in [-0.2, -0.15) is 0 Å². The summed E-state index contributed by atoms with van der Waals surface area (Å²) in [5, 5.41) is 24.1. The number of amides is 2. The molecule has 4 aromatic carbocycles. The zero-order valence-corrected chi connectivity index (χ0v) is 16.9. The van der Waals surface area contributed by atoms with E-state index in [0.717, 1.165) is 0 Å². The predicted molar refractivity (Wildman–Crippen MR) is 122 cm³/mol. The van der Waals surface area contributed by atoms with Gasteiger partial charge in [-0.1, -0.05) is 0 Å². The standard InChI is InChI=1S/C25H20N2O5/c28-19-5-13-23(14-6-19)31-21-9-1-17(2-10-21)26-25(30)27-18-3-11-22(12-4-18)32-24-15-7-20(29)8-16-24/h1-16,28-29H,(H2,26,27,30). The molecule has 0 fully saturated rings. The Morgan fingerprint density at radius 2 is 0.781 bits per heavy atom. The molecule has 0 saturated heterocycles. The summed E-state index contributed by atoms with van der Waals surface area (Å²) in [4.78, 5) is 12.3. The van der Waals surface area contributed by atoms with Crippen molar-refractivity contribution in [3.8, 4) is 34.5 Å². The van der Waals surface area contributed by atoms with Gasteiger partial charge >= 0.3 is 6.03 Å². The van der Waals surface area contributed by atoms with Crippen LogP contribution in [0.3, 0.4) is 0 Å². The van der Waals surface area contributed by atoms with Crippen LogP contribution in [0.25, 0.3) is 0 Å². The summed E-state index contributed by atoms with van der Waals surface area (Å²) < 4.78 is 11.4. The van der Waals surface area contributed by atoms with Crippen LogP contribution < -0.4 is 20.1 Å². The molecule has 0 heterocycles. The molecule has 0 atom stereocenters. The maximum Gasteiger partial charge on any atom is 0.323 e. The number of nitrogens with one attached hydrogen (secondary N) is 2. The molecule has 0 bridgehead atoms. The Morgan fingerprint density at radius 3 is 1.09 bits per heavy atom. The number of carbonyl (C=O) groups excluding carboxylic acids is 1. The minimum atomic E-state index is -0.385. The first kappa shape index (κ1) is 20.6. The van der Waals surface area contributed by atoms with Gasteiger partial charge < -0.3 is 30.3 Å². The second-order valence-corrected chi connectivity index (χ2v) is 6.82. The third-order valence-electron chi connectivity index (χ3n) is 4.37. The monoisotopic (exact) mass is 428 g/mol. The molecule has 2 amide bonds. The van der Waals surface area contributed by atoms with Crippen LogP contribution in [-0.4, -0.2) is 16.2 Å². The highest BCUT2D eigenvalue weighted by Crippen LogP contribution is 2.26. The molecule has 0 unspecified atom stereocenters. The van der Waals surface area contributed by atoms with Crippen molar-refractivity contribution in [3.05, 3.63) is 97.1 Å². The second kappa shape index (κ2) is 9.44. The third-order valence-corrected chi connectivity index (χ3v) is 4.37. The van der Waals surface area contributed by atoms with Crippen LogP contribution in [0, 0.1) is 0 Å². The number of rotatable bonds is 6. The lowest BCUT2D eigenvalue weighted by Gasteiger charge is -2.10. The second-order valence-electron chi connectivity index (χ2n) is 6.82. The summed E-state index contributed by atoms with van der Waals surface area (Å²) in [6.45, 7) is 0. The van der Waals surface area contributed by atoms with E-state index in [1.165, 1.54) is 0 Å². The number of phenolic OH excluding ortho intramolecular Hbond substituents is 2. The number of benzene rings is 4. The fraction of sp³-hybridized carbons (Fsp3) is 0. The van der Waals surface area contributed by atoms with Gasteiger partial charge in [0.15, 0.2) is 0 Å². The van der Waals surface area contributed by atoms with E-state index >= 15 is 0 Å². The smallest absolute Gasteiger partial charge is 0.323 e. The van der Waals surface area contributed by atoms with Gasteiger partial charge in [0.2, 0.25) is 0 Å². The fourth-order valence-corrected chi connectivity index (χ4v) is 2.81. The Labute approximate surface area is 184 Å². The molecule has 0 aliphatic carbocycles. The number of carbonyl (C=O) groups is 1. The third kappa shape index (κ3) is 5.70. The van der Waals surface area contributed by atoms with Crippen molar-refractivity contribution in [3.63, 3.8) is 0 Å². The Morgan fingerprint density at radius 1 is 0.500 bits per heavy atom. The van der Waals surface area contributed by atoms with Gasteiger partial charge in [-0.3, -0.25) is 0 Å². The van der Waals surface area contributed by atoms with Crippen molar-refractivity contribution >= 4 is 17.4 Å². The van der Waals surface area contributed by atoms with Crippen molar-refractivity contribution in [1.82, 2.24) is 0 Å². The number of hydrogen-bond donors (Lipinski definition) is 4. The number of hydrogen-bond acceptors (Lipinski definition) is 5. The number of aromatic hydroxyl groups is 2. The molecule has 4 rings (SSSR count). The zero-order valence-electron chi connectivity index (χ0n) is 16.9. The van der Waals surface area contributed by atoms with Crippen molar-refractivity contribution in [1.29, 1.82) is 0 Å². The lowest BCUT2D eigenvalue weighted by atomic mass is 10.3. The Balaban J connectivity index is 1.29. The summed E-state index contributed by atoms with van der Waals surface area (Å²) in [5.41, 5.74) is 1.21. The Kier molecular flexibility index (Phi) is 6.08. The predicted octanol–water partition coefficient (Wildman–Crippen LogP) is 6.33. The minimum Gasteiger partial charge on any atom is -0.508 e. The van der Waals surface area contributed by atoms with Crippen LogP contribution in [-0.2, 0) is 0 Å². The Hall–Kier alpha value is -4.65. The Bertz CT molecular complexity index is 1080. The average molecular weight is 428 g/mol. The van der Waals surface area contributed by atoms with Gasteiger partial charge in [0.25, 0.3) is 0 Å². The average Bonchev–Trinajstić information content (AvgIpc) is 2.79. The van der Waals surface area contributed by atoms with Gasteiger partial charge in [0.05, 0.1) is 0 Å². The van der Waals surface area contributed by atoms with E-state index in [2.05, 4.69) is 10.6 Å². The van der Waals surface area contributed by atoms with E-state index in [0.29, 0.717) is 34.4 Å². The SMILES string of the molecule is O=C(Nc1ccc(Oc2ccc(O)cc2)cc1)Nc1ccc(Oc2ccc(O)cc2)cc1. The molecule has 7 heteroatoms. The van der Waals surface area contributed by atoms with Gasteiger partial charge in [0.1, 0.15) is 34.5 Å². The van der Waals surface area contributed by atoms with Crippen LogP contribution in [0.2, 0.25) is 0 Å². The van der Waals surface area contributed by atoms with Crippen LogP contribution in [0.15, 0.2) is 97.1 Å². The molecule has 4 aromatic rings. The van der Waals surface area contributed by atoms with E-state index in [-0.39, 0.29) is 17.5 Å². The molecular formula is C25H20N2O5. The highest BCUT2D eigenvalue weighted by Gasteiger charge is 2.05. The van der Waals surface area contributed by atoms with Crippen LogP contribution in [0.4, 0.5) is 16.2 Å². The van der Waals surface area contributed by atoms with E-state index in [4.69, 9.17) is 9.47 Å². The first-order valence-electron chi connectivity index (χ1n) is 9.75. The van der Waals surface area contributed by atoms with Crippen LogP contribution in [0.1, 0.15) is 0 Å². The molecule has 0 spiro atoms. The van der Waals surface area contributed by atoms with Crippen molar-refractivity contribution < 1.29 is 24.5 Å². The number of ether oxygens (including phenoxy) is 2. The molecule has 0 aliphatic heterocycles. The van der Waals surface area contributed by atoms with Crippen LogP contribution >= 0.6 is 0 Å². The first-order chi connectivity index (χ1) is 15.5. The van der Waals surface area contributed by atoms with E-state index in [1.807, 2.05) is 0 Å². The zero-order chi connectivity index (χ0) is 22.3. The summed E-state index contributed by atoms with van der Waals surface area (Å²) >= 11 is 0. The highest BCUT2D eigenvalue weighted by molar-refractivity contribution is 5.99. The lowest BCUT2D eigenvalue weighted by molar-refractivity contribution is 0.262. The summed E-state index contributed by atoms with van der Waals surface area (Å²) in [5.74, 6) is 2.74. The van der Waals surface area contributed by atoms with Gasteiger partial charge in [-0.15, -0.1) is 0 Å². The number of urea groups is 1. The minimum absolute atomic E-state index is 0.169. The maximum absolute atomic E-state index is 12.3. The van der Waals surface area contributed by atoms with E-state index in [1.54, 1.807) is 97.1 Å². The molecule has 0 radical (unpaired) electrons. The number of anilines is 2. The van der Waals surface area contributed by atoms with Gasteiger partial charge in [-0.25, -0.2) is 4.79 Å². The fourth-order valence-electron chi connectivity index (χ4n) is 2.81. The van der Waals surface area contributed by atoms with E-state index < -0.39 is 0 Å². The maximum atomic E-state index is 12.3. The van der Waals surface area contributed by atoms with Crippen molar-refractivity contribution in [2.24, 2.45) is 0 Å². The lowest BCUT2D eigenvalue weighted by Crippen LogP contribution is -2.19. The molecule has 0 aliphatic rings. The quantitative estimate of drug-likeness (QED) is 0.288. The molecular weight excluding hydrogens is 408 g/mol. The van der Waals surface area contributed by atoms with Gasteiger partial charge in [0, 0.05) is 11.4 Å². The number of phenols is 2. The van der Waals surface area contributed by atoms with E-state index in [9.17, 15) is 15.0 Å². The normalized spacial score (nSPS) is 10.2. The molecule has 7 nitrogen and oxygen atoms in total. The van der Waals surface area contributed by atoms with Crippen molar-refractivity contribution in [2.75, 3.05) is 10.6 Å². The summed E-state index contributed by atoms with van der Waals surface area (Å²) in [6.07, 6.45) is 0. The highest BCUT2D eigenvalue weighted by atomic mass is 16.5. The largest absolute Gasteiger partial charge is 0.508 e. The first-order valence-corrected chi connectivity index (χ1v) is 9.75. The molecule has 4 N–H and O–H groups in total. The molecule has 160 valence electrons. The summed E-state index contributed by atoms with van der Waals surface area (Å²) in [6, 6.07) is 26.3. The van der Waals surface area contributed by atoms with Crippen molar-refractivity contribution in [2.45, 2.75) is 0 Å². The van der Waals surface area contributed by atoms with Crippen LogP contribution in [0.5, 0.6) is 34.5 Å². The topological polar surface area (TPSA) is 100 Å². The summed E-state index contributed by atoms with van der Waals surface area (Å²) in [7, 11) is 0.